The number of methoxy groups -OCH3 is 1. The van der Waals surface area contributed by atoms with Crippen molar-refractivity contribution in [3.05, 3.63) is 0 Å². The molecule has 6 fully saturated rings. The molecule has 0 radical (unpaired) electrons. The Kier molecular flexibility index (Phi) is 10.3. The van der Waals surface area contributed by atoms with Crippen molar-refractivity contribution in [2.75, 3.05) is 34.4 Å². The maximum Gasteiger partial charge on any atom is 0.240 e. The Morgan fingerprint density at radius 1 is 1.19 bits per heavy atom. The third-order valence-electron chi connectivity index (χ3n) is 13.0. The zero-order valence-corrected chi connectivity index (χ0v) is 27.7. The molecule has 5 saturated carbocycles. The lowest BCUT2D eigenvalue weighted by Crippen LogP contribution is -2.62. The molecule has 0 spiro atoms. The van der Waals surface area contributed by atoms with E-state index in [0.29, 0.717) is 47.6 Å². The first-order chi connectivity index (χ1) is 20.4. The molecule has 6 unspecified atom stereocenters. The number of rotatable bonds is 10. The van der Waals surface area contributed by atoms with E-state index in [1.807, 2.05) is 0 Å². The van der Waals surface area contributed by atoms with Crippen molar-refractivity contribution in [1.82, 2.24) is 15.3 Å². The third-order valence-corrected chi connectivity index (χ3v) is 13.0. The molecular weight excluding hydrogens is 546 g/mol. The number of nitrogens with zero attached hydrogens (tertiary/aromatic N) is 2. The van der Waals surface area contributed by atoms with Crippen LogP contribution in [0.15, 0.2) is 0 Å². The van der Waals surface area contributed by atoms with Crippen molar-refractivity contribution in [3.8, 4) is 0 Å². The van der Waals surface area contributed by atoms with Crippen LogP contribution in [0.1, 0.15) is 79.1 Å². The Morgan fingerprint density at radius 3 is 2.51 bits per heavy atom. The molecule has 6 rings (SSSR count). The van der Waals surface area contributed by atoms with Gasteiger partial charge >= 0.3 is 0 Å². The second-order valence-electron chi connectivity index (χ2n) is 15.8. The fourth-order valence-electron chi connectivity index (χ4n) is 10.4. The number of hydrogen-bond donors (Lipinski definition) is 3. The van der Waals surface area contributed by atoms with Crippen LogP contribution in [-0.2, 0) is 19.2 Å². The molecule has 3 N–H and O–H groups in total. The maximum absolute atomic E-state index is 14.1. The van der Waals surface area contributed by atoms with Crippen LogP contribution in [0, 0.1) is 52.8 Å². The van der Waals surface area contributed by atoms with E-state index in [-0.39, 0.29) is 36.5 Å². The number of amides is 1. The highest BCUT2D eigenvalue weighted by Crippen LogP contribution is 2.61. The van der Waals surface area contributed by atoms with E-state index in [4.69, 9.17) is 9.57 Å². The van der Waals surface area contributed by atoms with Gasteiger partial charge in [-0.3, -0.25) is 9.63 Å². The van der Waals surface area contributed by atoms with Crippen LogP contribution in [-0.4, -0.2) is 103 Å². The largest absolute Gasteiger partial charge is 0.394 e. The minimum Gasteiger partial charge on any atom is -0.394 e. The average Bonchev–Trinajstić information content (AvgIpc) is 3.36. The van der Waals surface area contributed by atoms with E-state index in [1.165, 1.54) is 6.42 Å². The fourth-order valence-corrected chi connectivity index (χ4v) is 10.4. The van der Waals surface area contributed by atoms with Gasteiger partial charge in [0.1, 0.15) is 18.4 Å². The standard InChI is InChI=1S/C34H59N3O6/c1-19-27-14-24(34(27,3)4)15-28(19)35-33(41)31-30(20(2)40)29(18-39)43-37(31)16-22-9-8-10-26(32(22)42-7)23-11-21(17-38)12-25(13-23)36(5)6/h17,19-32,39-40H,8-16,18H2,1-7H3,(H,35,41)/t19-,20-,21?,22?,23?,24+,25?,26?,27-,28-,29-,30-,31-,32?/m0/s1. The molecule has 14 atom stereocenters. The van der Waals surface area contributed by atoms with Gasteiger partial charge in [-0.15, -0.1) is 0 Å². The summed E-state index contributed by atoms with van der Waals surface area (Å²) in [4.78, 5) is 34.6. The van der Waals surface area contributed by atoms with Gasteiger partial charge in [-0.05, 0) is 101 Å². The minimum absolute atomic E-state index is 0.00911. The van der Waals surface area contributed by atoms with Crippen molar-refractivity contribution >= 4 is 12.2 Å². The van der Waals surface area contributed by atoms with E-state index in [1.54, 1.807) is 19.1 Å². The lowest BCUT2D eigenvalue weighted by Gasteiger charge is -2.62. The van der Waals surface area contributed by atoms with Crippen molar-refractivity contribution in [2.45, 2.75) is 115 Å². The summed E-state index contributed by atoms with van der Waals surface area (Å²) >= 11 is 0. The Labute approximate surface area is 259 Å². The van der Waals surface area contributed by atoms with Crippen LogP contribution in [0.25, 0.3) is 0 Å². The first-order valence-corrected chi connectivity index (χ1v) is 17.1. The number of aldehydes is 1. The highest BCUT2D eigenvalue weighted by Gasteiger charge is 2.57. The molecule has 0 aromatic heterocycles. The van der Waals surface area contributed by atoms with Crippen molar-refractivity contribution < 1.29 is 29.4 Å². The van der Waals surface area contributed by atoms with Crippen molar-refractivity contribution in [2.24, 2.45) is 52.8 Å². The van der Waals surface area contributed by atoms with Gasteiger partial charge in [-0.25, -0.2) is 0 Å². The first kappa shape index (κ1) is 33.3. The Morgan fingerprint density at radius 2 is 1.93 bits per heavy atom. The van der Waals surface area contributed by atoms with Gasteiger partial charge in [-0.1, -0.05) is 27.2 Å². The smallest absolute Gasteiger partial charge is 0.240 e. The maximum atomic E-state index is 14.1. The highest BCUT2D eigenvalue weighted by atomic mass is 16.7. The number of hydroxylamine groups is 2. The molecule has 6 aliphatic rings. The van der Waals surface area contributed by atoms with Gasteiger partial charge in [0.2, 0.25) is 5.91 Å². The summed E-state index contributed by atoms with van der Waals surface area (Å²) in [6.45, 7) is 8.94. The Hall–Kier alpha value is -1.10. The number of nitrogens with one attached hydrogen (secondary N) is 1. The second-order valence-corrected chi connectivity index (χ2v) is 15.8. The molecule has 1 aliphatic heterocycles. The van der Waals surface area contributed by atoms with E-state index >= 15 is 0 Å². The van der Waals surface area contributed by atoms with Gasteiger partial charge in [0.15, 0.2) is 0 Å². The number of carbonyl (C=O) groups is 2. The summed E-state index contributed by atoms with van der Waals surface area (Å²) in [7, 11) is 6.01. The molecule has 9 nitrogen and oxygen atoms in total. The van der Waals surface area contributed by atoms with Gasteiger partial charge < -0.3 is 30.0 Å². The summed E-state index contributed by atoms with van der Waals surface area (Å²) in [6.07, 6.45) is 7.91. The average molecular weight is 606 g/mol. The quantitative estimate of drug-likeness (QED) is 0.326. The zero-order chi connectivity index (χ0) is 31.2. The van der Waals surface area contributed by atoms with Gasteiger partial charge in [-0.2, -0.15) is 5.06 Å². The number of fused-ring (bicyclic) bond motifs is 2. The zero-order valence-electron chi connectivity index (χ0n) is 27.7. The highest BCUT2D eigenvalue weighted by molar-refractivity contribution is 5.82. The van der Waals surface area contributed by atoms with E-state index in [2.05, 4.69) is 45.1 Å². The number of ether oxygens (including phenoxy) is 1. The molecular formula is C34H59N3O6. The Balaban J connectivity index is 1.32. The Bertz CT molecular complexity index is 976. The van der Waals surface area contributed by atoms with Crippen LogP contribution in [0.2, 0.25) is 0 Å². The van der Waals surface area contributed by atoms with Crippen LogP contribution >= 0.6 is 0 Å². The number of carbonyl (C=O) groups excluding carboxylic acids is 2. The summed E-state index contributed by atoms with van der Waals surface area (Å²) in [5.41, 5.74) is 0.330. The normalized spacial score (nSPS) is 45.4. The number of aliphatic hydroxyl groups excluding tert-OH is 2. The van der Waals surface area contributed by atoms with Gasteiger partial charge in [0.25, 0.3) is 0 Å². The molecule has 1 saturated heterocycles. The molecule has 0 aromatic rings. The molecule has 1 heterocycles. The molecule has 43 heavy (non-hydrogen) atoms. The summed E-state index contributed by atoms with van der Waals surface area (Å²) in [5, 5.41) is 26.3. The van der Waals surface area contributed by atoms with E-state index < -0.39 is 24.2 Å². The lowest BCUT2D eigenvalue weighted by atomic mass is 9.45. The van der Waals surface area contributed by atoms with E-state index in [0.717, 1.165) is 51.2 Å². The van der Waals surface area contributed by atoms with Gasteiger partial charge in [0.05, 0.1) is 18.8 Å². The molecule has 5 aliphatic carbocycles. The summed E-state index contributed by atoms with van der Waals surface area (Å²) in [5.74, 6) is 1.96. The van der Waals surface area contributed by atoms with E-state index in [9.17, 15) is 19.8 Å². The van der Waals surface area contributed by atoms with Crippen molar-refractivity contribution in [1.29, 1.82) is 0 Å². The molecule has 1 amide bonds. The SMILES string of the molecule is COC1C(CN2O[C@@H](CO)[C@H]([C@H](C)O)[C@H]2C(=O)N[C@H]2C[C@H]3C[C@@H]([C@@H]2C)C3(C)C)CCCC1C1CC(C=O)CC(N(C)C)C1. The molecule has 0 aromatic carbocycles. The third kappa shape index (κ3) is 6.33. The van der Waals surface area contributed by atoms with Crippen LogP contribution in [0.3, 0.4) is 0 Å². The topological polar surface area (TPSA) is 112 Å². The lowest BCUT2D eigenvalue weighted by molar-refractivity contribution is -0.193. The predicted octanol–water partition coefficient (Wildman–Crippen LogP) is 3.12. The number of hydrogen-bond acceptors (Lipinski definition) is 8. The van der Waals surface area contributed by atoms with Gasteiger partial charge in [0, 0.05) is 43.5 Å². The van der Waals surface area contributed by atoms with Crippen molar-refractivity contribution in [3.63, 3.8) is 0 Å². The molecule has 2 bridgehead atoms. The van der Waals surface area contributed by atoms with Crippen LogP contribution in [0.4, 0.5) is 0 Å². The number of aliphatic hydroxyl groups is 2. The second kappa shape index (κ2) is 13.3. The predicted molar refractivity (Wildman–Crippen MR) is 165 cm³/mol. The van der Waals surface area contributed by atoms with Crippen LogP contribution < -0.4 is 5.32 Å². The minimum atomic E-state index is -0.808. The summed E-state index contributed by atoms with van der Waals surface area (Å²) in [6, 6.07) is -0.181. The summed E-state index contributed by atoms with van der Waals surface area (Å²) < 4.78 is 6.26. The molecule has 9 heteroatoms. The van der Waals surface area contributed by atoms with Crippen LogP contribution in [0.5, 0.6) is 0 Å². The first-order valence-electron chi connectivity index (χ1n) is 17.1. The fraction of sp³-hybridized carbons (Fsp3) is 0.941. The monoisotopic (exact) mass is 605 g/mol. The molecule has 246 valence electrons.